The van der Waals surface area contributed by atoms with Gasteiger partial charge in [-0.3, -0.25) is 9.89 Å². The first-order valence-electron chi connectivity index (χ1n) is 7.79. The van der Waals surface area contributed by atoms with Crippen molar-refractivity contribution in [2.45, 2.75) is 6.82 Å². The fourth-order valence-corrected chi connectivity index (χ4v) is 2.65. The van der Waals surface area contributed by atoms with Gasteiger partial charge >= 0.3 is 0 Å². The van der Waals surface area contributed by atoms with E-state index in [2.05, 4.69) is 25.6 Å². The monoisotopic (exact) mass is 329 g/mol. The predicted octanol–water partition coefficient (Wildman–Crippen LogP) is 1.75. The number of hydrogen-bond acceptors (Lipinski definition) is 4. The molecule has 4 aromatic rings. The summed E-state index contributed by atoms with van der Waals surface area (Å²) in [6.07, 6.45) is 6.47. The molecule has 3 aromatic heterocycles. The van der Waals surface area contributed by atoms with Crippen molar-refractivity contribution in [3.8, 4) is 11.3 Å². The van der Waals surface area contributed by atoms with Crippen LogP contribution < -0.4 is 10.8 Å². The van der Waals surface area contributed by atoms with Gasteiger partial charge in [0.1, 0.15) is 12.8 Å². The zero-order chi connectivity index (χ0) is 17.2. The summed E-state index contributed by atoms with van der Waals surface area (Å²) in [5.41, 5.74) is 4.31. The lowest BCUT2D eigenvalue weighted by Gasteiger charge is -2.06. The lowest BCUT2D eigenvalue weighted by molar-refractivity contribution is 0.102. The Morgan fingerprint density at radius 2 is 2.20 bits per heavy atom. The maximum absolute atomic E-state index is 12.6. The molecule has 0 aliphatic rings. The molecule has 1 amide bonds. The van der Waals surface area contributed by atoms with E-state index in [0.717, 1.165) is 16.7 Å². The van der Waals surface area contributed by atoms with Crippen molar-refractivity contribution in [2.75, 3.05) is 5.32 Å². The quantitative estimate of drug-likeness (QED) is 0.558. The number of nitrogens with one attached hydrogen (secondary N) is 2. The summed E-state index contributed by atoms with van der Waals surface area (Å²) in [6.45, 7) is 1.98. The van der Waals surface area contributed by atoms with E-state index in [1.165, 1.54) is 6.20 Å². The summed E-state index contributed by atoms with van der Waals surface area (Å²) in [6, 6.07) is 9.73. The van der Waals surface area contributed by atoms with Gasteiger partial charge in [-0.1, -0.05) is 36.6 Å². The lowest BCUT2D eigenvalue weighted by Crippen LogP contribution is -2.13. The number of rotatable bonds is 4. The fourth-order valence-electron chi connectivity index (χ4n) is 2.65. The fraction of sp³-hybridized carbons (Fsp3) is 0.0588. The Bertz CT molecular complexity index is 1050. The summed E-state index contributed by atoms with van der Waals surface area (Å²) in [5.74, 6) is -0.283. The zero-order valence-corrected chi connectivity index (χ0v) is 13.5. The number of aromatic nitrogens is 5. The molecule has 0 aliphatic heterocycles. The molecule has 2 N–H and O–H groups in total. The Balaban J connectivity index is 1.66. The standard InChI is InChI=1S/C17H14BN6O/c1-18-12-5-2-4-11(8-12)15-14(10-20-23-15)22-17(25)13-9-21-24-7-3-6-19-16(13)24/h2-10H,1H3,(H,20,23)(H,22,25). The second-order valence-electron chi connectivity index (χ2n) is 5.47. The molecular formula is C17H14BN6O. The van der Waals surface area contributed by atoms with Gasteiger partial charge in [0.15, 0.2) is 5.65 Å². The van der Waals surface area contributed by atoms with Crippen molar-refractivity contribution in [3.63, 3.8) is 0 Å². The third-order valence-electron chi connectivity index (χ3n) is 3.92. The summed E-state index contributed by atoms with van der Waals surface area (Å²) in [7, 11) is 2.02. The molecule has 0 fully saturated rings. The Labute approximate surface area is 144 Å². The molecule has 0 spiro atoms. The summed E-state index contributed by atoms with van der Waals surface area (Å²) in [5, 5.41) is 14.0. The van der Waals surface area contributed by atoms with Crippen LogP contribution in [0.5, 0.6) is 0 Å². The van der Waals surface area contributed by atoms with Crippen molar-refractivity contribution < 1.29 is 4.79 Å². The molecule has 0 bridgehead atoms. The number of H-pyrrole nitrogens is 1. The number of hydrogen-bond donors (Lipinski definition) is 2. The van der Waals surface area contributed by atoms with Gasteiger partial charge in [-0.05, 0) is 6.07 Å². The number of fused-ring (bicyclic) bond motifs is 1. The Morgan fingerprint density at radius 1 is 1.28 bits per heavy atom. The number of benzene rings is 1. The minimum absolute atomic E-state index is 0.283. The van der Waals surface area contributed by atoms with E-state index >= 15 is 0 Å². The Kier molecular flexibility index (Phi) is 3.77. The predicted molar refractivity (Wildman–Crippen MR) is 96.2 cm³/mol. The van der Waals surface area contributed by atoms with Crippen LogP contribution in [0.2, 0.25) is 6.82 Å². The minimum Gasteiger partial charge on any atom is -0.319 e. The van der Waals surface area contributed by atoms with Crippen LogP contribution in [0, 0.1) is 0 Å². The first kappa shape index (κ1) is 15.1. The van der Waals surface area contributed by atoms with Gasteiger partial charge in [0.25, 0.3) is 5.91 Å². The Morgan fingerprint density at radius 3 is 3.08 bits per heavy atom. The molecule has 0 saturated carbocycles. The molecule has 0 saturated heterocycles. The molecule has 121 valence electrons. The van der Waals surface area contributed by atoms with Crippen molar-refractivity contribution in [3.05, 3.63) is 60.7 Å². The molecule has 25 heavy (non-hydrogen) atoms. The van der Waals surface area contributed by atoms with E-state index < -0.39 is 0 Å². The van der Waals surface area contributed by atoms with Gasteiger partial charge in [0.05, 0.1) is 23.8 Å². The number of anilines is 1. The van der Waals surface area contributed by atoms with Crippen LogP contribution in [0.4, 0.5) is 5.69 Å². The topological polar surface area (TPSA) is 88.0 Å². The molecule has 1 aromatic carbocycles. The molecule has 0 atom stereocenters. The molecule has 8 heteroatoms. The highest BCUT2D eigenvalue weighted by molar-refractivity contribution is 6.52. The van der Waals surface area contributed by atoms with E-state index in [1.54, 1.807) is 29.2 Å². The highest BCUT2D eigenvalue weighted by Gasteiger charge is 2.17. The third-order valence-corrected chi connectivity index (χ3v) is 3.92. The van der Waals surface area contributed by atoms with Gasteiger partial charge in [0.2, 0.25) is 0 Å². The Hall–Kier alpha value is -3.42. The third kappa shape index (κ3) is 2.78. The van der Waals surface area contributed by atoms with Gasteiger partial charge in [-0.15, -0.1) is 0 Å². The van der Waals surface area contributed by atoms with Gasteiger partial charge in [0, 0.05) is 18.0 Å². The van der Waals surface area contributed by atoms with Crippen LogP contribution in [0.15, 0.2) is 55.1 Å². The van der Waals surface area contributed by atoms with Crippen molar-refractivity contribution >= 4 is 30.0 Å². The maximum atomic E-state index is 12.6. The van der Waals surface area contributed by atoms with E-state index in [9.17, 15) is 4.79 Å². The first-order valence-corrected chi connectivity index (χ1v) is 7.79. The number of nitrogens with zero attached hydrogens (tertiary/aromatic N) is 4. The van der Waals surface area contributed by atoms with E-state index in [-0.39, 0.29) is 5.91 Å². The first-order chi connectivity index (χ1) is 12.3. The maximum Gasteiger partial charge on any atom is 0.261 e. The van der Waals surface area contributed by atoms with Crippen molar-refractivity contribution in [2.24, 2.45) is 0 Å². The van der Waals surface area contributed by atoms with E-state index in [0.29, 0.717) is 16.9 Å². The second kappa shape index (κ2) is 6.24. The molecule has 0 aliphatic carbocycles. The highest BCUT2D eigenvalue weighted by atomic mass is 16.1. The number of carbonyl (C=O) groups is 1. The smallest absolute Gasteiger partial charge is 0.261 e. The molecule has 1 radical (unpaired) electrons. The van der Waals surface area contributed by atoms with Crippen molar-refractivity contribution in [1.29, 1.82) is 0 Å². The van der Waals surface area contributed by atoms with E-state index in [4.69, 9.17) is 0 Å². The van der Waals surface area contributed by atoms with Crippen LogP contribution in [0.25, 0.3) is 16.9 Å². The van der Waals surface area contributed by atoms with Gasteiger partial charge in [-0.25, -0.2) is 9.50 Å². The zero-order valence-electron chi connectivity index (χ0n) is 13.5. The number of amides is 1. The largest absolute Gasteiger partial charge is 0.319 e. The van der Waals surface area contributed by atoms with Crippen LogP contribution in [-0.2, 0) is 0 Å². The van der Waals surface area contributed by atoms with Crippen LogP contribution in [0.3, 0.4) is 0 Å². The van der Waals surface area contributed by atoms with Gasteiger partial charge in [-0.2, -0.15) is 10.2 Å². The molecule has 4 rings (SSSR count). The normalized spacial score (nSPS) is 10.8. The number of carbonyl (C=O) groups excluding carboxylic acids is 1. The molecule has 0 unspecified atom stereocenters. The van der Waals surface area contributed by atoms with Crippen LogP contribution >= 0.6 is 0 Å². The minimum atomic E-state index is -0.283. The summed E-state index contributed by atoms with van der Waals surface area (Å²) >= 11 is 0. The molecule has 3 heterocycles. The molecule has 7 nitrogen and oxygen atoms in total. The summed E-state index contributed by atoms with van der Waals surface area (Å²) < 4.78 is 1.56. The van der Waals surface area contributed by atoms with Crippen LogP contribution in [0.1, 0.15) is 10.4 Å². The SMILES string of the molecule is C[B]c1cccc(-c2[nH]ncc2NC(=O)c2cnn3cccnc23)c1. The van der Waals surface area contributed by atoms with E-state index in [1.807, 2.05) is 38.4 Å². The van der Waals surface area contributed by atoms with Crippen molar-refractivity contribution in [1.82, 2.24) is 24.8 Å². The average molecular weight is 329 g/mol. The highest BCUT2D eigenvalue weighted by Crippen LogP contribution is 2.25. The second-order valence-corrected chi connectivity index (χ2v) is 5.47. The lowest BCUT2D eigenvalue weighted by atomic mass is 9.73. The molecular weight excluding hydrogens is 315 g/mol. The summed E-state index contributed by atoms with van der Waals surface area (Å²) in [4.78, 5) is 16.8. The number of aromatic amines is 1. The van der Waals surface area contributed by atoms with Crippen LogP contribution in [-0.4, -0.2) is 38.0 Å². The van der Waals surface area contributed by atoms with Gasteiger partial charge < -0.3 is 5.32 Å². The average Bonchev–Trinajstić information content (AvgIpc) is 3.28.